The number of aromatic nitrogens is 4. The van der Waals surface area contributed by atoms with Crippen molar-refractivity contribution in [3.8, 4) is 5.75 Å². The molecule has 9 heteroatoms. The maximum absolute atomic E-state index is 12.9. The first-order valence-corrected chi connectivity index (χ1v) is 9.71. The average Bonchev–Trinajstić information content (AvgIpc) is 3.34. The van der Waals surface area contributed by atoms with Crippen molar-refractivity contribution in [3.05, 3.63) is 73.3 Å². The molecule has 0 atom stereocenters. The van der Waals surface area contributed by atoms with E-state index in [9.17, 15) is 14.7 Å². The van der Waals surface area contributed by atoms with Gasteiger partial charge in [0.1, 0.15) is 36.2 Å². The van der Waals surface area contributed by atoms with Gasteiger partial charge < -0.3 is 5.11 Å². The smallest absolute Gasteiger partial charge is 0.283 e. The molecule has 0 unspecified atom stereocenters. The zero-order chi connectivity index (χ0) is 22.1. The van der Waals surface area contributed by atoms with E-state index < -0.39 is 5.91 Å². The summed E-state index contributed by atoms with van der Waals surface area (Å²) >= 11 is 0. The number of hydrogen-bond acceptors (Lipinski definition) is 4. The van der Waals surface area contributed by atoms with Crippen LogP contribution in [-0.4, -0.2) is 25.9 Å². The number of amides is 1. The molecule has 31 heavy (non-hydrogen) atoms. The van der Waals surface area contributed by atoms with Crippen LogP contribution in [0.3, 0.4) is 0 Å². The van der Waals surface area contributed by atoms with E-state index >= 15 is 0 Å². The van der Waals surface area contributed by atoms with Crippen LogP contribution in [0.15, 0.2) is 67.8 Å². The lowest BCUT2D eigenvalue weighted by Crippen LogP contribution is -2.40. The Morgan fingerprint density at radius 3 is 2.23 bits per heavy atom. The van der Waals surface area contributed by atoms with Crippen molar-refractivity contribution in [1.29, 1.82) is 0 Å². The number of aryl methyl sites for hydroxylation is 2. The molecule has 0 saturated carbocycles. The van der Waals surface area contributed by atoms with Crippen LogP contribution in [0.1, 0.15) is 10.4 Å². The van der Waals surface area contributed by atoms with Crippen LogP contribution < -0.4 is 20.0 Å². The molecule has 3 N–H and O–H groups in total. The third kappa shape index (κ3) is 4.03. The molecule has 2 aromatic heterocycles. The minimum absolute atomic E-state index is 0.0294. The molecule has 0 fully saturated rings. The Hall–Kier alpha value is -3.98. The molecule has 2 heterocycles. The number of phenolic OH excluding ortho intramolecular Hbond substituents is 1. The number of anilines is 1. The Morgan fingerprint density at radius 1 is 0.968 bits per heavy atom. The highest BCUT2D eigenvalue weighted by molar-refractivity contribution is 6.11. The van der Waals surface area contributed by atoms with Crippen molar-refractivity contribution in [2.24, 2.45) is 19.9 Å². The molecular formula is C22H24N6O3+2. The van der Waals surface area contributed by atoms with E-state index in [1.807, 2.05) is 48.1 Å². The molecular weight excluding hydrogens is 396 g/mol. The van der Waals surface area contributed by atoms with Crippen LogP contribution in [0.2, 0.25) is 0 Å². The molecule has 0 spiro atoms. The summed E-state index contributed by atoms with van der Waals surface area (Å²) in [6, 6.07) is 8.39. The normalized spacial score (nSPS) is 11.1. The van der Waals surface area contributed by atoms with Crippen LogP contribution in [0.5, 0.6) is 5.75 Å². The Balaban J connectivity index is 1.63. The van der Waals surface area contributed by atoms with Gasteiger partial charge in [-0.2, -0.15) is 0 Å². The number of fused-ring (bicyclic) bond motifs is 1. The molecule has 0 aliphatic rings. The number of nitrogens with two attached hydrogens (primary N) is 1. The number of carbonyl (C=O) groups excluding carboxylic acids is 2. The van der Waals surface area contributed by atoms with Gasteiger partial charge in [-0.05, 0) is 11.5 Å². The fraction of sp³-hybridized carbons (Fsp3) is 0.182. The number of nitrogens with zero attached hydrogens (tertiary/aromatic N) is 5. The predicted molar refractivity (Wildman–Crippen MR) is 113 cm³/mol. The maximum atomic E-state index is 12.9. The highest BCUT2D eigenvalue weighted by Gasteiger charge is 2.21. The second-order valence-electron chi connectivity index (χ2n) is 7.52. The largest absolute Gasteiger partial charge is 0.505 e. The predicted octanol–water partition coefficient (Wildman–Crippen LogP) is 0.587. The number of ketones is 1. The minimum atomic E-state index is -0.390. The Kier molecular flexibility index (Phi) is 5.26. The van der Waals surface area contributed by atoms with Gasteiger partial charge in [0, 0.05) is 10.9 Å². The Bertz CT molecular complexity index is 1290. The number of phenols is 1. The maximum Gasteiger partial charge on any atom is 0.283 e. The molecule has 2 aromatic carbocycles. The lowest BCUT2D eigenvalue weighted by molar-refractivity contribution is -0.671. The second kappa shape index (κ2) is 8.04. The monoisotopic (exact) mass is 420 g/mol. The summed E-state index contributed by atoms with van der Waals surface area (Å²) in [5, 5.41) is 12.8. The minimum Gasteiger partial charge on any atom is -0.505 e. The Labute approximate surface area is 178 Å². The molecule has 0 saturated heterocycles. The lowest BCUT2D eigenvalue weighted by atomic mass is 9.99. The van der Waals surface area contributed by atoms with E-state index in [-0.39, 0.29) is 30.3 Å². The summed E-state index contributed by atoms with van der Waals surface area (Å²) in [5.74, 6) is 5.40. The van der Waals surface area contributed by atoms with E-state index in [2.05, 4.69) is 0 Å². The number of rotatable bonds is 6. The summed E-state index contributed by atoms with van der Waals surface area (Å²) < 4.78 is 7.15. The van der Waals surface area contributed by atoms with Gasteiger partial charge in [-0.3, -0.25) is 9.59 Å². The number of imidazole rings is 2. The van der Waals surface area contributed by atoms with Crippen LogP contribution in [-0.2, 0) is 32.0 Å². The molecule has 0 aliphatic heterocycles. The standard InChI is InChI=1S/C22H23N6O3/c1-24-8-10-26(14-24)12-20(29)17-4-3-5-18-16(17)6-7-19(22(18)31)28(23)21(30)13-27-11-9-25(2)15-27/h3-11,14-15H,12-13,23H2,1-2H3/q+1/p+1. The van der Waals surface area contributed by atoms with E-state index in [1.165, 1.54) is 0 Å². The van der Waals surface area contributed by atoms with Crippen LogP contribution in [0, 0.1) is 0 Å². The van der Waals surface area contributed by atoms with Gasteiger partial charge in [-0.25, -0.2) is 29.1 Å². The highest BCUT2D eigenvalue weighted by atomic mass is 16.3. The van der Waals surface area contributed by atoms with Crippen molar-refractivity contribution < 1.29 is 23.8 Å². The summed E-state index contributed by atoms with van der Waals surface area (Å²) in [7, 11) is 3.74. The van der Waals surface area contributed by atoms with Gasteiger partial charge in [0.2, 0.25) is 18.4 Å². The average molecular weight is 420 g/mol. The first-order valence-electron chi connectivity index (χ1n) is 9.71. The van der Waals surface area contributed by atoms with Crippen molar-refractivity contribution >= 4 is 28.2 Å². The summed E-state index contributed by atoms with van der Waals surface area (Å²) in [6.45, 7) is 0.208. The van der Waals surface area contributed by atoms with Crippen molar-refractivity contribution in [3.63, 3.8) is 0 Å². The lowest BCUT2D eigenvalue weighted by Gasteiger charge is -2.18. The van der Waals surface area contributed by atoms with Crippen molar-refractivity contribution in [1.82, 2.24) is 9.13 Å². The molecule has 1 amide bonds. The van der Waals surface area contributed by atoms with E-state index in [4.69, 9.17) is 5.84 Å². The SMILES string of the molecule is C[n+]1ccn(CC(=O)c2cccc3c(O)c(N(N)C(=O)Cn4cc[n+](C)c4)ccc23)c1. The number of aromatic hydroxyl groups is 1. The van der Waals surface area contributed by atoms with Gasteiger partial charge in [-0.15, -0.1) is 0 Å². The van der Waals surface area contributed by atoms with E-state index in [0.717, 1.165) is 5.01 Å². The highest BCUT2D eigenvalue weighted by Crippen LogP contribution is 2.35. The molecule has 0 aliphatic carbocycles. The molecule has 158 valence electrons. The number of carbonyl (C=O) groups is 2. The van der Waals surface area contributed by atoms with Crippen LogP contribution >= 0.6 is 0 Å². The third-order valence-electron chi connectivity index (χ3n) is 5.13. The zero-order valence-corrected chi connectivity index (χ0v) is 17.3. The van der Waals surface area contributed by atoms with Gasteiger partial charge in [-0.1, -0.05) is 24.3 Å². The van der Waals surface area contributed by atoms with Gasteiger partial charge in [0.05, 0.1) is 14.1 Å². The Morgan fingerprint density at radius 2 is 1.61 bits per heavy atom. The molecule has 0 bridgehead atoms. The van der Waals surface area contributed by atoms with Crippen LogP contribution in [0.25, 0.3) is 10.8 Å². The third-order valence-corrected chi connectivity index (χ3v) is 5.13. The molecule has 9 nitrogen and oxygen atoms in total. The van der Waals surface area contributed by atoms with Crippen LogP contribution in [0.4, 0.5) is 5.69 Å². The van der Waals surface area contributed by atoms with Gasteiger partial charge in [0.25, 0.3) is 5.91 Å². The second-order valence-corrected chi connectivity index (χ2v) is 7.52. The van der Waals surface area contributed by atoms with Gasteiger partial charge >= 0.3 is 0 Å². The first kappa shape index (κ1) is 20.3. The fourth-order valence-corrected chi connectivity index (χ4v) is 3.58. The summed E-state index contributed by atoms with van der Waals surface area (Å²) in [5.41, 5.74) is 0.668. The van der Waals surface area contributed by atoms with Crippen molar-refractivity contribution in [2.45, 2.75) is 13.1 Å². The van der Waals surface area contributed by atoms with E-state index in [0.29, 0.717) is 16.3 Å². The molecule has 4 aromatic rings. The summed E-state index contributed by atoms with van der Waals surface area (Å²) in [6.07, 6.45) is 10.8. The topological polar surface area (TPSA) is 101 Å². The molecule has 0 radical (unpaired) electrons. The quantitative estimate of drug-likeness (QED) is 0.157. The van der Waals surface area contributed by atoms with Crippen molar-refractivity contribution in [2.75, 3.05) is 5.01 Å². The molecule has 4 rings (SSSR count). The zero-order valence-electron chi connectivity index (χ0n) is 17.3. The fourth-order valence-electron chi connectivity index (χ4n) is 3.58. The first-order chi connectivity index (χ1) is 14.8. The van der Waals surface area contributed by atoms with Gasteiger partial charge in [0.15, 0.2) is 13.1 Å². The summed E-state index contributed by atoms with van der Waals surface area (Å²) in [4.78, 5) is 25.5. The van der Waals surface area contributed by atoms with E-state index in [1.54, 1.807) is 52.0 Å². The number of hydrogen-bond donors (Lipinski definition) is 2. The number of Topliss-reactive ketones (excluding diaryl/α,β-unsaturated/α-hetero) is 1. The number of hydrazine groups is 1. The number of benzene rings is 2.